The van der Waals surface area contributed by atoms with E-state index in [1.165, 1.54) is 0 Å². The second-order valence-corrected chi connectivity index (χ2v) is 5.22. The molecule has 2 nitrogen and oxygen atoms in total. The molecule has 0 amide bonds. The lowest BCUT2D eigenvalue weighted by Crippen LogP contribution is -2.34. The molecule has 0 aliphatic heterocycles. The summed E-state index contributed by atoms with van der Waals surface area (Å²) in [5, 5.41) is 10.9. The molecule has 1 N–H and O–H groups in total. The predicted octanol–water partition coefficient (Wildman–Crippen LogP) is 4.41. The first kappa shape index (κ1) is 15.8. The van der Waals surface area contributed by atoms with Crippen molar-refractivity contribution in [2.45, 2.75) is 38.7 Å². The number of rotatable bonds is 7. The van der Waals surface area contributed by atoms with Crippen LogP contribution in [0.1, 0.15) is 38.7 Å². The van der Waals surface area contributed by atoms with E-state index < -0.39 is 5.60 Å². The molecule has 1 unspecified atom stereocenters. The Morgan fingerprint density at radius 3 is 2.44 bits per heavy atom. The largest absolute Gasteiger partial charge is 0.393 e. The average molecular weight is 291 g/mol. The van der Waals surface area contributed by atoms with Gasteiger partial charge in [-0.15, -0.1) is 0 Å². The van der Waals surface area contributed by atoms with Gasteiger partial charge in [-0.25, -0.2) is 0 Å². The van der Waals surface area contributed by atoms with Crippen LogP contribution in [0.5, 0.6) is 0 Å². The minimum atomic E-state index is -0.716. The van der Waals surface area contributed by atoms with E-state index in [9.17, 15) is 5.11 Å². The summed E-state index contributed by atoms with van der Waals surface area (Å²) in [6.07, 6.45) is 2.53. The molecule has 4 heteroatoms. The fourth-order valence-electron chi connectivity index (χ4n) is 2.05. The van der Waals surface area contributed by atoms with Crippen molar-refractivity contribution in [3.63, 3.8) is 0 Å². The van der Waals surface area contributed by atoms with Gasteiger partial charge < -0.3 is 9.84 Å². The van der Waals surface area contributed by atoms with Crippen molar-refractivity contribution in [2.75, 3.05) is 13.2 Å². The van der Waals surface area contributed by atoms with Crippen molar-refractivity contribution >= 4 is 23.2 Å². The maximum Gasteiger partial charge on any atom is 0.117 e. The fraction of sp³-hybridized carbons (Fsp3) is 0.571. The molecule has 18 heavy (non-hydrogen) atoms. The van der Waals surface area contributed by atoms with Gasteiger partial charge in [-0.3, -0.25) is 0 Å². The fourth-order valence-corrected chi connectivity index (χ4v) is 2.64. The quantitative estimate of drug-likeness (QED) is 0.806. The molecule has 0 aliphatic carbocycles. The zero-order chi connectivity index (χ0) is 13.6. The van der Waals surface area contributed by atoms with Gasteiger partial charge in [0.25, 0.3) is 0 Å². The van der Waals surface area contributed by atoms with Gasteiger partial charge in [0.15, 0.2) is 0 Å². The van der Waals surface area contributed by atoms with E-state index in [0.29, 0.717) is 16.7 Å². The van der Waals surface area contributed by atoms with Crippen LogP contribution in [-0.4, -0.2) is 18.3 Å². The van der Waals surface area contributed by atoms with Gasteiger partial charge in [0.05, 0.1) is 6.61 Å². The number of benzene rings is 1. The summed E-state index contributed by atoms with van der Waals surface area (Å²) in [6, 6.07) is 5.30. The number of aliphatic hydroxyl groups excluding tert-OH is 1. The minimum Gasteiger partial charge on any atom is -0.393 e. The smallest absolute Gasteiger partial charge is 0.117 e. The molecular formula is C14H20Cl2O2. The van der Waals surface area contributed by atoms with Gasteiger partial charge in [0, 0.05) is 22.2 Å². The standard InChI is InChI=1S/C14H20Cl2O2/c1-3-7-14(10-17,18-8-4-2)12-6-5-11(15)9-13(12)16/h5-6,9,17H,3-4,7-8,10H2,1-2H3. The third kappa shape index (κ3) is 3.61. The monoisotopic (exact) mass is 290 g/mol. The lowest BCUT2D eigenvalue weighted by molar-refractivity contribution is -0.0911. The Hall–Kier alpha value is -0.280. The Labute approximate surface area is 119 Å². The molecule has 102 valence electrons. The Balaban J connectivity index is 3.14. The van der Waals surface area contributed by atoms with Crippen LogP contribution in [0.25, 0.3) is 0 Å². The lowest BCUT2D eigenvalue weighted by Gasteiger charge is -2.33. The van der Waals surface area contributed by atoms with Gasteiger partial charge >= 0.3 is 0 Å². The topological polar surface area (TPSA) is 29.5 Å². The Kier molecular flexibility index (Phi) is 6.44. The van der Waals surface area contributed by atoms with Crippen LogP contribution in [0.3, 0.4) is 0 Å². The summed E-state index contributed by atoms with van der Waals surface area (Å²) in [5.41, 5.74) is 0.0956. The average Bonchev–Trinajstić information content (AvgIpc) is 2.35. The van der Waals surface area contributed by atoms with E-state index in [4.69, 9.17) is 27.9 Å². The zero-order valence-electron chi connectivity index (χ0n) is 10.9. The summed E-state index contributed by atoms with van der Waals surface area (Å²) in [5.74, 6) is 0. The molecule has 0 fully saturated rings. The summed E-state index contributed by atoms with van der Waals surface area (Å²) in [4.78, 5) is 0. The van der Waals surface area contributed by atoms with E-state index in [1.54, 1.807) is 12.1 Å². The molecule has 0 aromatic heterocycles. The highest BCUT2D eigenvalue weighted by atomic mass is 35.5. The van der Waals surface area contributed by atoms with Crippen molar-refractivity contribution in [3.8, 4) is 0 Å². The molecule has 0 bridgehead atoms. The molecule has 1 aromatic carbocycles. The first-order chi connectivity index (χ1) is 8.59. The second-order valence-electron chi connectivity index (χ2n) is 4.38. The van der Waals surface area contributed by atoms with Crippen molar-refractivity contribution in [1.82, 2.24) is 0 Å². The summed E-state index contributed by atoms with van der Waals surface area (Å²) < 4.78 is 5.90. The maximum atomic E-state index is 9.76. The summed E-state index contributed by atoms with van der Waals surface area (Å²) in [7, 11) is 0. The van der Waals surface area contributed by atoms with Crippen LogP contribution < -0.4 is 0 Å². The Morgan fingerprint density at radius 1 is 1.22 bits per heavy atom. The predicted molar refractivity (Wildman–Crippen MR) is 76.4 cm³/mol. The van der Waals surface area contributed by atoms with Crippen LogP contribution >= 0.6 is 23.2 Å². The maximum absolute atomic E-state index is 9.76. The van der Waals surface area contributed by atoms with E-state index in [-0.39, 0.29) is 6.61 Å². The highest BCUT2D eigenvalue weighted by Crippen LogP contribution is 2.36. The zero-order valence-corrected chi connectivity index (χ0v) is 12.4. The molecule has 0 spiro atoms. The molecule has 1 rings (SSSR count). The van der Waals surface area contributed by atoms with E-state index in [1.807, 2.05) is 13.0 Å². The van der Waals surface area contributed by atoms with E-state index >= 15 is 0 Å². The van der Waals surface area contributed by atoms with Crippen LogP contribution in [-0.2, 0) is 10.3 Å². The van der Waals surface area contributed by atoms with Gasteiger partial charge in [-0.05, 0) is 25.0 Å². The van der Waals surface area contributed by atoms with Crippen LogP contribution in [0.2, 0.25) is 10.0 Å². The third-order valence-electron chi connectivity index (χ3n) is 2.91. The highest BCUT2D eigenvalue weighted by molar-refractivity contribution is 6.35. The van der Waals surface area contributed by atoms with E-state index in [0.717, 1.165) is 24.8 Å². The molecule has 1 aromatic rings. The minimum absolute atomic E-state index is 0.0812. The number of hydrogen-bond donors (Lipinski definition) is 1. The number of hydrogen-bond acceptors (Lipinski definition) is 2. The molecule has 0 radical (unpaired) electrons. The number of ether oxygens (including phenoxy) is 1. The number of halogens is 2. The van der Waals surface area contributed by atoms with Crippen molar-refractivity contribution in [2.24, 2.45) is 0 Å². The molecule has 0 aliphatic rings. The van der Waals surface area contributed by atoms with Crippen molar-refractivity contribution in [3.05, 3.63) is 33.8 Å². The Morgan fingerprint density at radius 2 is 1.94 bits per heavy atom. The van der Waals surface area contributed by atoms with Gasteiger partial charge in [-0.1, -0.05) is 49.5 Å². The summed E-state index contributed by atoms with van der Waals surface area (Å²) in [6.45, 7) is 4.61. The van der Waals surface area contributed by atoms with Crippen molar-refractivity contribution in [1.29, 1.82) is 0 Å². The summed E-state index contributed by atoms with van der Waals surface area (Å²) >= 11 is 12.1. The molecule has 0 heterocycles. The van der Waals surface area contributed by atoms with Crippen LogP contribution in [0.4, 0.5) is 0 Å². The molecule has 1 atom stereocenters. The second kappa shape index (κ2) is 7.34. The first-order valence-corrected chi connectivity index (χ1v) is 7.05. The van der Waals surface area contributed by atoms with Crippen LogP contribution in [0, 0.1) is 0 Å². The first-order valence-electron chi connectivity index (χ1n) is 6.30. The Bertz CT molecular complexity index is 382. The van der Waals surface area contributed by atoms with Crippen LogP contribution in [0.15, 0.2) is 18.2 Å². The normalized spacial score (nSPS) is 14.5. The van der Waals surface area contributed by atoms with E-state index in [2.05, 4.69) is 6.92 Å². The van der Waals surface area contributed by atoms with Crippen molar-refractivity contribution < 1.29 is 9.84 Å². The van der Waals surface area contributed by atoms with Gasteiger partial charge in [0.1, 0.15) is 5.60 Å². The SMILES string of the molecule is CCCOC(CO)(CCC)c1ccc(Cl)cc1Cl. The molecular weight excluding hydrogens is 271 g/mol. The van der Waals surface area contributed by atoms with Gasteiger partial charge in [0.2, 0.25) is 0 Å². The molecule has 0 saturated carbocycles. The third-order valence-corrected chi connectivity index (χ3v) is 3.46. The lowest BCUT2D eigenvalue weighted by atomic mass is 9.89. The van der Waals surface area contributed by atoms with Gasteiger partial charge in [-0.2, -0.15) is 0 Å². The highest BCUT2D eigenvalue weighted by Gasteiger charge is 2.33. The number of aliphatic hydroxyl groups is 1. The molecule has 0 saturated heterocycles.